The molecule has 0 saturated carbocycles. The minimum Gasteiger partial charge on any atom is -0.330 e. The molecule has 3 heteroatoms. The third kappa shape index (κ3) is 2.28. The fourth-order valence-corrected chi connectivity index (χ4v) is 1.99. The molecule has 0 bridgehead atoms. The van der Waals surface area contributed by atoms with Crippen LogP contribution < -0.4 is 5.73 Å². The van der Waals surface area contributed by atoms with Crippen LogP contribution in [0.2, 0.25) is 5.02 Å². The molecule has 2 aromatic rings. The van der Waals surface area contributed by atoms with E-state index in [4.69, 9.17) is 17.3 Å². The highest BCUT2D eigenvalue weighted by Gasteiger charge is 2.21. The topological polar surface area (TPSA) is 38.9 Å². The van der Waals surface area contributed by atoms with Crippen LogP contribution in [0.1, 0.15) is 25.1 Å². The van der Waals surface area contributed by atoms with E-state index in [0.29, 0.717) is 11.6 Å². The zero-order chi connectivity index (χ0) is 12.6. The summed E-state index contributed by atoms with van der Waals surface area (Å²) in [5, 5.41) is 1.86. The maximum Gasteiger partial charge on any atom is 0.0723 e. The molecule has 2 N–H and O–H groups in total. The van der Waals surface area contributed by atoms with Gasteiger partial charge in [0.15, 0.2) is 0 Å². The lowest BCUT2D eigenvalue weighted by atomic mass is 9.88. The van der Waals surface area contributed by atoms with Gasteiger partial charge in [0.25, 0.3) is 0 Å². The van der Waals surface area contributed by atoms with Crippen LogP contribution in [0.25, 0.3) is 10.9 Å². The second-order valence-corrected chi connectivity index (χ2v) is 5.51. The first-order valence-corrected chi connectivity index (χ1v) is 6.09. The van der Waals surface area contributed by atoms with E-state index in [0.717, 1.165) is 16.6 Å². The maximum absolute atomic E-state index is 6.01. The molecule has 1 heterocycles. The molecule has 0 atom stereocenters. The summed E-state index contributed by atoms with van der Waals surface area (Å²) in [5.41, 5.74) is 8.86. The number of aromatic nitrogens is 1. The van der Waals surface area contributed by atoms with E-state index in [9.17, 15) is 0 Å². The fourth-order valence-electron chi connectivity index (χ4n) is 1.83. The minimum absolute atomic E-state index is 0.110. The van der Waals surface area contributed by atoms with E-state index in [1.54, 1.807) is 0 Å². The zero-order valence-electron chi connectivity index (χ0n) is 10.4. The molecular formula is C14H17ClN2. The van der Waals surface area contributed by atoms with Crippen molar-refractivity contribution in [3.05, 3.63) is 40.5 Å². The summed E-state index contributed by atoms with van der Waals surface area (Å²) in [4.78, 5) is 4.67. The van der Waals surface area contributed by atoms with Gasteiger partial charge in [-0.25, -0.2) is 0 Å². The summed E-state index contributed by atoms with van der Waals surface area (Å²) >= 11 is 6.01. The zero-order valence-corrected chi connectivity index (χ0v) is 11.2. The number of halogens is 1. The van der Waals surface area contributed by atoms with Crippen molar-refractivity contribution in [2.45, 2.75) is 26.2 Å². The van der Waals surface area contributed by atoms with Crippen LogP contribution in [-0.2, 0) is 5.41 Å². The van der Waals surface area contributed by atoms with Crippen molar-refractivity contribution >= 4 is 22.5 Å². The van der Waals surface area contributed by atoms with Crippen molar-refractivity contribution in [2.75, 3.05) is 6.54 Å². The third-order valence-corrected chi connectivity index (χ3v) is 3.42. The Morgan fingerprint density at radius 1 is 1.29 bits per heavy atom. The molecular weight excluding hydrogens is 232 g/mol. The van der Waals surface area contributed by atoms with Gasteiger partial charge in [-0.2, -0.15) is 0 Å². The Bertz CT molecular complexity index is 561. The lowest BCUT2D eigenvalue weighted by Gasteiger charge is -2.22. The van der Waals surface area contributed by atoms with Crippen molar-refractivity contribution < 1.29 is 0 Å². The predicted octanol–water partition coefficient (Wildman–Crippen LogP) is 3.43. The first kappa shape index (κ1) is 12.3. The number of benzene rings is 1. The number of pyridine rings is 1. The number of aryl methyl sites for hydroxylation is 1. The van der Waals surface area contributed by atoms with Crippen LogP contribution in [0.15, 0.2) is 24.3 Å². The molecule has 0 aliphatic carbocycles. The molecule has 2 rings (SSSR count). The summed E-state index contributed by atoms with van der Waals surface area (Å²) in [6.07, 6.45) is 0. The highest BCUT2D eigenvalue weighted by molar-refractivity contribution is 6.31. The Morgan fingerprint density at radius 2 is 2.00 bits per heavy atom. The lowest BCUT2D eigenvalue weighted by molar-refractivity contribution is 0.523. The van der Waals surface area contributed by atoms with Crippen LogP contribution in [0.4, 0.5) is 0 Å². The van der Waals surface area contributed by atoms with Crippen molar-refractivity contribution in [1.82, 2.24) is 4.98 Å². The Kier molecular flexibility index (Phi) is 3.11. The largest absolute Gasteiger partial charge is 0.330 e. The molecule has 17 heavy (non-hydrogen) atoms. The van der Waals surface area contributed by atoms with Crippen LogP contribution in [0.5, 0.6) is 0 Å². The average molecular weight is 249 g/mol. The van der Waals surface area contributed by atoms with E-state index in [-0.39, 0.29) is 5.41 Å². The highest BCUT2D eigenvalue weighted by Crippen LogP contribution is 2.27. The Balaban J connectivity index is 2.70. The number of nitrogens with zero attached hydrogens (tertiary/aromatic N) is 1. The number of nitrogens with two attached hydrogens (primary N) is 1. The second kappa shape index (κ2) is 4.28. The maximum atomic E-state index is 6.01. The number of hydrogen-bond donors (Lipinski definition) is 1. The van der Waals surface area contributed by atoms with Gasteiger partial charge >= 0.3 is 0 Å². The molecule has 1 aromatic carbocycles. The van der Waals surface area contributed by atoms with Gasteiger partial charge in [0.1, 0.15) is 0 Å². The Hall–Kier alpha value is -1.12. The normalized spacial score (nSPS) is 12.1. The standard InChI is InChI=1S/C14H17ClN2/c1-9-6-13(14(2,3)8-16)17-12-7-10(15)4-5-11(9)12/h4-7H,8,16H2,1-3H3. The molecule has 1 aromatic heterocycles. The van der Waals surface area contributed by atoms with Crippen LogP contribution in [-0.4, -0.2) is 11.5 Å². The summed E-state index contributed by atoms with van der Waals surface area (Å²) < 4.78 is 0. The summed E-state index contributed by atoms with van der Waals surface area (Å²) in [6.45, 7) is 6.87. The van der Waals surface area contributed by atoms with Crippen molar-refractivity contribution in [2.24, 2.45) is 5.73 Å². The van der Waals surface area contributed by atoms with Gasteiger partial charge in [-0.1, -0.05) is 31.5 Å². The van der Waals surface area contributed by atoms with Gasteiger partial charge in [0.05, 0.1) is 5.52 Å². The first-order valence-electron chi connectivity index (χ1n) is 5.71. The van der Waals surface area contributed by atoms with Crippen LogP contribution in [0.3, 0.4) is 0 Å². The molecule has 2 nitrogen and oxygen atoms in total. The molecule has 90 valence electrons. The molecule has 0 radical (unpaired) electrons. The van der Waals surface area contributed by atoms with Gasteiger partial charge in [0, 0.05) is 28.1 Å². The molecule has 0 saturated heterocycles. The molecule has 0 spiro atoms. The lowest BCUT2D eigenvalue weighted by Crippen LogP contribution is -2.29. The molecule has 0 unspecified atom stereocenters. The first-order chi connectivity index (χ1) is 7.94. The van der Waals surface area contributed by atoms with E-state index < -0.39 is 0 Å². The van der Waals surface area contributed by atoms with E-state index in [1.165, 1.54) is 5.56 Å². The van der Waals surface area contributed by atoms with E-state index in [1.807, 2.05) is 18.2 Å². The Labute approximate surface area is 107 Å². The third-order valence-electron chi connectivity index (χ3n) is 3.18. The summed E-state index contributed by atoms with van der Waals surface area (Å²) in [5.74, 6) is 0. The number of rotatable bonds is 2. The van der Waals surface area contributed by atoms with Gasteiger partial charge < -0.3 is 5.73 Å². The van der Waals surface area contributed by atoms with Crippen molar-refractivity contribution in [1.29, 1.82) is 0 Å². The van der Waals surface area contributed by atoms with Crippen molar-refractivity contribution in [3.63, 3.8) is 0 Å². The van der Waals surface area contributed by atoms with Gasteiger partial charge in [0.2, 0.25) is 0 Å². The molecule has 0 amide bonds. The second-order valence-electron chi connectivity index (χ2n) is 5.07. The fraction of sp³-hybridized carbons (Fsp3) is 0.357. The minimum atomic E-state index is -0.110. The van der Waals surface area contributed by atoms with Crippen LogP contribution >= 0.6 is 11.6 Å². The highest BCUT2D eigenvalue weighted by atomic mass is 35.5. The van der Waals surface area contributed by atoms with Gasteiger partial charge in [-0.3, -0.25) is 4.98 Å². The predicted molar refractivity (Wildman–Crippen MR) is 73.6 cm³/mol. The summed E-state index contributed by atoms with van der Waals surface area (Å²) in [6, 6.07) is 7.93. The smallest absolute Gasteiger partial charge is 0.0723 e. The number of fused-ring (bicyclic) bond motifs is 1. The number of hydrogen-bond acceptors (Lipinski definition) is 2. The van der Waals surface area contributed by atoms with Crippen LogP contribution in [0, 0.1) is 6.92 Å². The molecule has 0 aliphatic heterocycles. The molecule has 0 aliphatic rings. The Morgan fingerprint density at radius 3 is 2.65 bits per heavy atom. The van der Waals surface area contributed by atoms with Crippen molar-refractivity contribution in [3.8, 4) is 0 Å². The average Bonchev–Trinajstić information content (AvgIpc) is 2.28. The SMILES string of the molecule is Cc1cc(C(C)(C)CN)nc2cc(Cl)ccc12. The summed E-state index contributed by atoms with van der Waals surface area (Å²) in [7, 11) is 0. The quantitative estimate of drug-likeness (QED) is 0.884. The van der Waals surface area contributed by atoms with E-state index in [2.05, 4.69) is 31.8 Å². The van der Waals surface area contributed by atoms with Gasteiger partial charge in [-0.05, 0) is 30.7 Å². The van der Waals surface area contributed by atoms with E-state index >= 15 is 0 Å². The monoisotopic (exact) mass is 248 g/mol. The molecule has 0 fully saturated rings. The van der Waals surface area contributed by atoms with Gasteiger partial charge in [-0.15, -0.1) is 0 Å².